The fourth-order valence-corrected chi connectivity index (χ4v) is 3.24. The van der Waals surface area contributed by atoms with Gasteiger partial charge in [0.15, 0.2) is 4.67 Å². The second-order valence-corrected chi connectivity index (χ2v) is 5.77. The second kappa shape index (κ2) is 6.03. The van der Waals surface area contributed by atoms with Crippen molar-refractivity contribution in [3.63, 3.8) is 0 Å². The molecule has 0 radical (unpaired) electrons. The van der Waals surface area contributed by atoms with Gasteiger partial charge in [-0.25, -0.2) is 0 Å². The average Bonchev–Trinajstić information content (AvgIpc) is 3.04. The minimum absolute atomic E-state index is 0.182. The molecule has 4 nitrogen and oxygen atoms in total. The van der Waals surface area contributed by atoms with Crippen molar-refractivity contribution in [1.82, 2.24) is 15.1 Å². The molecule has 0 fully saturated rings. The molecule has 1 atom stereocenters. The number of aromatic nitrogens is 2. The van der Waals surface area contributed by atoms with Crippen molar-refractivity contribution >= 4 is 26.8 Å². The number of hydrogen-bond donors (Lipinski definition) is 1. The van der Waals surface area contributed by atoms with Crippen molar-refractivity contribution in [3.8, 4) is 0 Å². The topological polar surface area (TPSA) is 43.0 Å². The average molecular weight is 348 g/mol. The van der Waals surface area contributed by atoms with Crippen molar-refractivity contribution in [1.29, 1.82) is 0 Å². The molecule has 21 heavy (non-hydrogen) atoms. The second-order valence-electron chi connectivity index (χ2n) is 5.05. The molecular formula is C16H18BrN3O. The number of aryl methyl sites for hydroxylation is 1. The van der Waals surface area contributed by atoms with E-state index in [9.17, 15) is 0 Å². The zero-order valence-corrected chi connectivity index (χ0v) is 13.7. The van der Waals surface area contributed by atoms with Crippen LogP contribution in [0, 0.1) is 0 Å². The number of nitrogens with zero attached hydrogens (tertiary/aromatic N) is 2. The summed E-state index contributed by atoms with van der Waals surface area (Å²) >= 11 is 3.47. The van der Waals surface area contributed by atoms with Gasteiger partial charge >= 0.3 is 0 Å². The number of fused-ring (bicyclic) bond motifs is 1. The number of furan rings is 1. The van der Waals surface area contributed by atoms with Gasteiger partial charge in [-0.05, 0) is 34.6 Å². The normalized spacial score (nSPS) is 12.9. The van der Waals surface area contributed by atoms with Crippen LogP contribution in [0.3, 0.4) is 0 Å². The van der Waals surface area contributed by atoms with E-state index >= 15 is 0 Å². The predicted molar refractivity (Wildman–Crippen MR) is 87.2 cm³/mol. The first-order chi connectivity index (χ1) is 10.2. The molecule has 0 saturated heterocycles. The highest BCUT2D eigenvalue weighted by molar-refractivity contribution is 9.10. The Bertz CT molecular complexity index is 747. The van der Waals surface area contributed by atoms with Gasteiger partial charge in [0.1, 0.15) is 0 Å². The van der Waals surface area contributed by atoms with Crippen LogP contribution in [-0.2, 0) is 13.5 Å². The summed E-state index contributed by atoms with van der Waals surface area (Å²) in [6, 6.07) is 10.5. The van der Waals surface area contributed by atoms with Crippen LogP contribution in [0.5, 0.6) is 0 Å². The summed E-state index contributed by atoms with van der Waals surface area (Å²) in [4.78, 5) is 0. The molecule has 1 N–H and O–H groups in total. The summed E-state index contributed by atoms with van der Waals surface area (Å²) in [6.45, 7) is 3.00. The molecule has 0 aliphatic rings. The van der Waals surface area contributed by atoms with Crippen LogP contribution in [-0.4, -0.2) is 16.3 Å². The van der Waals surface area contributed by atoms with Gasteiger partial charge in [-0.3, -0.25) is 4.68 Å². The molecule has 1 unspecified atom stereocenters. The maximum atomic E-state index is 5.37. The number of hydrogen-bond acceptors (Lipinski definition) is 3. The van der Waals surface area contributed by atoms with Gasteiger partial charge in [0, 0.05) is 30.5 Å². The number of rotatable bonds is 5. The molecule has 0 amide bonds. The first kappa shape index (κ1) is 14.4. The summed E-state index contributed by atoms with van der Waals surface area (Å²) in [5.74, 6) is 0. The van der Waals surface area contributed by atoms with Gasteiger partial charge in [-0.2, -0.15) is 5.10 Å². The predicted octanol–water partition coefficient (Wildman–Crippen LogP) is 3.82. The molecule has 0 saturated carbocycles. The highest BCUT2D eigenvalue weighted by atomic mass is 79.9. The zero-order chi connectivity index (χ0) is 14.8. The van der Waals surface area contributed by atoms with Crippen molar-refractivity contribution in [2.24, 2.45) is 7.05 Å². The van der Waals surface area contributed by atoms with Gasteiger partial charge in [-0.1, -0.05) is 25.1 Å². The minimum atomic E-state index is 0.182. The third-order valence-electron chi connectivity index (χ3n) is 3.70. The number of halogens is 1. The number of benzene rings is 1. The first-order valence-electron chi connectivity index (χ1n) is 7.07. The molecule has 3 aromatic rings. The zero-order valence-electron chi connectivity index (χ0n) is 12.1. The number of para-hydroxylation sites is 1. The molecule has 5 heteroatoms. The van der Waals surface area contributed by atoms with Gasteiger partial charge in [0.05, 0.1) is 17.5 Å². The summed E-state index contributed by atoms with van der Waals surface area (Å²) in [5.41, 5.74) is 3.40. The maximum absolute atomic E-state index is 5.37. The Morgan fingerprint density at radius 1 is 1.33 bits per heavy atom. The van der Waals surface area contributed by atoms with Gasteiger partial charge < -0.3 is 9.73 Å². The Morgan fingerprint density at radius 2 is 2.14 bits per heavy atom. The van der Waals surface area contributed by atoms with E-state index in [0.717, 1.165) is 34.4 Å². The lowest BCUT2D eigenvalue weighted by molar-refractivity contribution is 0.503. The van der Waals surface area contributed by atoms with E-state index in [2.05, 4.69) is 51.5 Å². The smallest absolute Gasteiger partial charge is 0.173 e. The van der Waals surface area contributed by atoms with Crippen molar-refractivity contribution in [2.45, 2.75) is 19.4 Å². The van der Waals surface area contributed by atoms with E-state index in [1.807, 2.05) is 23.9 Å². The highest BCUT2D eigenvalue weighted by Gasteiger charge is 2.19. The molecule has 2 heterocycles. The molecule has 0 aliphatic heterocycles. The molecule has 0 aliphatic carbocycles. The molecular weight excluding hydrogens is 330 g/mol. The van der Waals surface area contributed by atoms with E-state index < -0.39 is 0 Å². The van der Waals surface area contributed by atoms with E-state index in [0.29, 0.717) is 0 Å². The van der Waals surface area contributed by atoms with E-state index in [-0.39, 0.29) is 6.04 Å². The Hall–Kier alpha value is -1.59. The Balaban J connectivity index is 1.97. The lowest BCUT2D eigenvalue weighted by Gasteiger charge is -2.16. The quantitative estimate of drug-likeness (QED) is 0.762. The van der Waals surface area contributed by atoms with Crippen molar-refractivity contribution < 1.29 is 4.42 Å². The van der Waals surface area contributed by atoms with Crippen LogP contribution >= 0.6 is 15.9 Å². The summed E-state index contributed by atoms with van der Waals surface area (Å²) in [7, 11) is 1.99. The largest absolute Gasteiger partial charge is 0.457 e. The maximum Gasteiger partial charge on any atom is 0.173 e. The number of likely N-dealkylation sites (N-methyl/N-ethyl adjacent to an activating group) is 1. The molecule has 0 spiro atoms. The van der Waals surface area contributed by atoms with Crippen LogP contribution in [0.15, 0.2) is 45.7 Å². The highest BCUT2D eigenvalue weighted by Crippen LogP contribution is 2.29. The Labute approximate surface area is 132 Å². The molecule has 1 aromatic carbocycles. The first-order valence-corrected chi connectivity index (χ1v) is 7.87. The van der Waals surface area contributed by atoms with Crippen LogP contribution in [0.25, 0.3) is 10.9 Å². The van der Waals surface area contributed by atoms with Crippen molar-refractivity contribution in [2.75, 3.05) is 6.54 Å². The fourth-order valence-electron chi connectivity index (χ4n) is 2.73. The van der Waals surface area contributed by atoms with Crippen molar-refractivity contribution in [3.05, 3.63) is 52.5 Å². The molecule has 110 valence electrons. The third-order valence-corrected chi connectivity index (χ3v) is 4.35. The number of nitrogens with one attached hydrogen (secondary N) is 1. The summed E-state index contributed by atoms with van der Waals surface area (Å²) in [6.07, 6.45) is 2.54. The summed E-state index contributed by atoms with van der Waals surface area (Å²) < 4.78 is 8.10. The molecule has 2 aromatic heterocycles. The van der Waals surface area contributed by atoms with Crippen LogP contribution < -0.4 is 5.32 Å². The molecule has 0 bridgehead atoms. The third kappa shape index (κ3) is 2.76. The lowest BCUT2D eigenvalue weighted by Crippen LogP contribution is -2.23. The Kier molecular flexibility index (Phi) is 4.12. The Morgan fingerprint density at radius 3 is 2.86 bits per heavy atom. The van der Waals surface area contributed by atoms with Gasteiger partial charge in [0.25, 0.3) is 0 Å². The fraction of sp³-hybridized carbons (Fsp3) is 0.312. The lowest BCUT2D eigenvalue weighted by atomic mass is 10.0. The monoisotopic (exact) mass is 347 g/mol. The minimum Gasteiger partial charge on any atom is -0.457 e. The van der Waals surface area contributed by atoms with Crippen LogP contribution in [0.1, 0.15) is 24.2 Å². The van der Waals surface area contributed by atoms with E-state index in [1.54, 1.807) is 6.26 Å². The SMILES string of the molecule is CCNC(Cc1nn(C)c2ccccc12)c1ccoc1Br. The van der Waals surface area contributed by atoms with E-state index in [1.165, 1.54) is 5.39 Å². The van der Waals surface area contributed by atoms with Crippen LogP contribution in [0.4, 0.5) is 0 Å². The van der Waals surface area contributed by atoms with Gasteiger partial charge in [0.2, 0.25) is 0 Å². The standard InChI is InChI=1S/C16H18BrN3O/c1-3-18-13(12-8-9-21-16(12)17)10-14-11-6-4-5-7-15(11)20(2)19-14/h4-9,13,18H,3,10H2,1-2H3. The molecule has 3 rings (SSSR count). The summed E-state index contributed by atoms with van der Waals surface area (Å²) in [5, 5.41) is 9.40. The van der Waals surface area contributed by atoms with Crippen LogP contribution in [0.2, 0.25) is 0 Å². The van der Waals surface area contributed by atoms with E-state index in [4.69, 9.17) is 4.42 Å². The van der Waals surface area contributed by atoms with Gasteiger partial charge in [-0.15, -0.1) is 0 Å².